The fourth-order valence-corrected chi connectivity index (χ4v) is 2.55. The van der Waals surface area contributed by atoms with Crippen molar-refractivity contribution >= 4 is 33.5 Å². The zero-order valence-electron chi connectivity index (χ0n) is 9.68. The quantitative estimate of drug-likeness (QED) is 0.893. The highest BCUT2D eigenvalue weighted by molar-refractivity contribution is 9.10. The maximum absolute atomic E-state index is 11.1. The molecule has 0 aliphatic heterocycles. The van der Waals surface area contributed by atoms with Crippen LogP contribution in [0, 0.1) is 0 Å². The average molecular weight is 346 g/mol. The Morgan fingerprint density at radius 1 is 1.47 bits per heavy atom. The third kappa shape index (κ3) is 2.97. The number of aromatic carboxylic acids is 1. The van der Waals surface area contributed by atoms with E-state index >= 15 is 0 Å². The highest BCUT2D eigenvalue weighted by atomic mass is 79.9. The van der Waals surface area contributed by atoms with Gasteiger partial charge in [-0.25, -0.2) is 9.48 Å². The number of rotatable bonds is 4. The minimum absolute atomic E-state index is 0.0594. The first-order valence-electron chi connectivity index (χ1n) is 5.41. The summed E-state index contributed by atoms with van der Waals surface area (Å²) in [6.45, 7) is -0.131. The van der Waals surface area contributed by atoms with Crippen LogP contribution in [0.1, 0.15) is 16.1 Å². The van der Waals surface area contributed by atoms with E-state index in [1.807, 2.05) is 0 Å². The van der Waals surface area contributed by atoms with Crippen LogP contribution in [-0.4, -0.2) is 32.6 Å². The van der Waals surface area contributed by atoms with Gasteiger partial charge in [0, 0.05) is 27.9 Å². The first-order chi connectivity index (χ1) is 9.02. The van der Waals surface area contributed by atoms with Crippen molar-refractivity contribution in [1.29, 1.82) is 0 Å². The number of nitrogens with zero attached hydrogens (tertiary/aromatic N) is 2. The highest BCUT2D eigenvalue weighted by Gasteiger charge is 2.17. The van der Waals surface area contributed by atoms with Crippen LogP contribution < -0.4 is 0 Å². The van der Waals surface area contributed by atoms with E-state index in [1.54, 1.807) is 24.4 Å². The SMILES string of the molecule is O=C(O)c1nn(-c2ccc(Cl)cc2Br)cc1CCO. The smallest absolute Gasteiger partial charge is 0.356 e. The first-order valence-corrected chi connectivity index (χ1v) is 6.58. The predicted octanol–water partition coefficient (Wildman–Crippen LogP) is 2.52. The van der Waals surface area contributed by atoms with Crippen molar-refractivity contribution in [3.05, 3.63) is 45.1 Å². The molecule has 0 saturated heterocycles. The maximum Gasteiger partial charge on any atom is 0.356 e. The molecule has 19 heavy (non-hydrogen) atoms. The van der Waals surface area contributed by atoms with E-state index in [9.17, 15) is 4.79 Å². The molecule has 100 valence electrons. The van der Waals surface area contributed by atoms with Crippen molar-refractivity contribution in [3.63, 3.8) is 0 Å². The molecule has 1 heterocycles. The number of hydrogen-bond acceptors (Lipinski definition) is 3. The standard InChI is InChI=1S/C12H10BrClN2O3/c13-9-5-8(14)1-2-10(9)16-6-7(3-4-17)11(15-16)12(18)19/h1-2,5-6,17H,3-4H2,(H,18,19). The topological polar surface area (TPSA) is 75.3 Å². The molecule has 0 bridgehead atoms. The molecule has 0 aliphatic carbocycles. The Morgan fingerprint density at radius 2 is 2.21 bits per heavy atom. The second-order valence-electron chi connectivity index (χ2n) is 3.82. The zero-order chi connectivity index (χ0) is 14.0. The molecule has 5 nitrogen and oxygen atoms in total. The molecule has 0 amide bonds. The van der Waals surface area contributed by atoms with E-state index in [0.717, 1.165) is 0 Å². The van der Waals surface area contributed by atoms with Crippen LogP contribution in [0.5, 0.6) is 0 Å². The molecule has 0 fully saturated rings. The van der Waals surface area contributed by atoms with Gasteiger partial charge in [-0.3, -0.25) is 0 Å². The number of aliphatic hydroxyl groups is 1. The Balaban J connectivity index is 2.50. The van der Waals surface area contributed by atoms with Crippen molar-refractivity contribution in [3.8, 4) is 5.69 Å². The molecule has 0 unspecified atom stereocenters. The number of aliphatic hydroxyl groups excluding tert-OH is 1. The molecule has 0 spiro atoms. The number of hydrogen-bond donors (Lipinski definition) is 2. The molecule has 0 saturated carbocycles. The van der Waals surface area contributed by atoms with Gasteiger partial charge in [-0.2, -0.15) is 5.10 Å². The molecule has 1 aromatic heterocycles. The Morgan fingerprint density at radius 3 is 2.79 bits per heavy atom. The molecule has 2 aromatic rings. The fraction of sp³-hybridized carbons (Fsp3) is 0.167. The van der Waals surface area contributed by atoms with Crippen LogP contribution in [0.3, 0.4) is 0 Å². The van der Waals surface area contributed by atoms with Crippen LogP contribution in [0.25, 0.3) is 5.69 Å². The van der Waals surface area contributed by atoms with E-state index in [-0.39, 0.29) is 18.7 Å². The van der Waals surface area contributed by atoms with Crippen LogP contribution in [-0.2, 0) is 6.42 Å². The van der Waals surface area contributed by atoms with Crippen molar-refractivity contribution in [2.45, 2.75) is 6.42 Å². The predicted molar refractivity (Wildman–Crippen MR) is 74.0 cm³/mol. The molecule has 0 radical (unpaired) electrons. The summed E-state index contributed by atoms with van der Waals surface area (Å²) in [6, 6.07) is 5.12. The van der Waals surface area contributed by atoms with Gasteiger partial charge in [-0.05, 0) is 40.5 Å². The second-order valence-corrected chi connectivity index (χ2v) is 5.11. The lowest BCUT2D eigenvalue weighted by atomic mass is 10.2. The normalized spacial score (nSPS) is 10.7. The molecule has 2 N–H and O–H groups in total. The maximum atomic E-state index is 11.1. The van der Waals surface area contributed by atoms with Gasteiger partial charge in [-0.15, -0.1) is 0 Å². The molecule has 7 heteroatoms. The summed E-state index contributed by atoms with van der Waals surface area (Å²) < 4.78 is 2.16. The summed E-state index contributed by atoms with van der Waals surface area (Å²) in [5, 5.41) is 22.6. The summed E-state index contributed by atoms with van der Waals surface area (Å²) in [4.78, 5) is 11.1. The van der Waals surface area contributed by atoms with E-state index in [0.29, 0.717) is 20.7 Å². The summed E-state index contributed by atoms with van der Waals surface area (Å²) in [5.74, 6) is -1.12. The monoisotopic (exact) mass is 344 g/mol. The lowest BCUT2D eigenvalue weighted by Crippen LogP contribution is -2.04. The molecule has 0 atom stereocenters. The number of halogens is 2. The van der Waals surface area contributed by atoms with Gasteiger partial charge in [0.05, 0.1) is 5.69 Å². The van der Waals surface area contributed by atoms with Crippen LogP contribution >= 0.6 is 27.5 Å². The highest BCUT2D eigenvalue weighted by Crippen LogP contribution is 2.25. The van der Waals surface area contributed by atoms with Crippen molar-refractivity contribution in [2.75, 3.05) is 6.61 Å². The average Bonchev–Trinajstić information content (AvgIpc) is 2.73. The van der Waals surface area contributed by atoms with E-state index in [2.05, 4.69) is 21.0 Å². The lowest BCUT2D eigenvalue weighted by molar-refractivity contribution is 0.0688. The second kappa shape index (κ2) is 5.73. The van der Waals surface area contributed by atoms with Gasteiger partial charge in [0.1, 0.15) is 0 Å². The van der Waals surface area contributed by atoms with Crippen molar-refractivity contribution in [2.24, 2.45) is 0 Å². The third-order valence-electron chi connectivity index (χ3n) is 2.53. The number of benzene rings is 1. The van der Waals surface area contributed by atoms with Gasteiger partial charge in [0.15, 0.2) is 5.69 Å². The Hall–Kier alpha value is -1.37. The number of carboxylic acids is 1. The number of carboxylic acid groups (broad SMARTS) is 1. The first kappa shape index (κ1) is 14.0. The van der Waals surface area contributed by atoms with Gasteiger partial charge < -0.3 is 10.2 Å². The summed E-state index contributed by atoms with van der Waals surface area (Å²) >= 11 is 9.21. The summed E-state index contributed by atoms with van der Waals surface area (Å²) in [5.41, 5.74) is 1.10. The summed E-state index contributed by atoms with van der Waals surface area (Å²) in [7, 11) is 0. The van der Waals surface area contributed by atoms with E-state index < -0.39 is 5.97 Å². The molecule has 0 aliphatic rings. The minimum Gasteiger partial charge on any atom is -0.476 e. The van der Waals surface area contributed by atoms with Crippen molar-refractivity contribution < 1.29 is 15.0 Å². The lowest BCUT2D eigenvalue weighted by Gasteiger charge is -2.04. The number of aromatic nitrogens is 2. The Kier molecular flexibility index (Phi) is 4.24. The van der Waals surface area contributed by atoms with E-state index in [4.69, 9.17) is 21.8 Å². The number of carbonyl (C=O) groups is 1. The van der Waals surface area contributed by atoms with Gasteiger partial charge in [0.25, 0.3) is 0 Å². The third-order valence-corrected chi connectivity index (χ3v) is 3.40. The van der Waals surface area contributed by atoms with Gasteiger partial charge in [-0.1, -0.05) is 11.6 Å². The van der Waals surface area contributed by atoms with E-state index in [1.165, 1.54) is 4.68 Å². The van der Waals surface area contributed by atoms with Gasteiger partial charge >= 0.3 is 5.97 Å². The fourth-order valence-electron chi connectivity index (χ4n) is 1.68. The van der Waals surface area contributed by atoms with Gasteiger partial charge in [0.2, 0.25) is 0 Å². The van der Waals surface area contributed by atoms with Crippen LogP contribution in [0.2, 0.25) is 5.02 Å². The van der Waals surface area contributed by atoms with Crippen LogP contribution in [0.4, 0.5) is 0 Å². The van der Waals surface area contributed by atoms with Crippen molar-refractivity contribution in [1.82, 2.24) is 9.78 Å². The minimum atomic E-state index is -1.12. The molecule has 2 rings (SSSR count). The molecular formula is C12H10BrClN2O3. The Labute approximate surface area is 122 Å². The zero-order valence-corrected chi connectivity index (χ0v) is 12.0. The molecular weight excluding hydrogens is 336 g/mol. The largest absolute Gasteiger partial charge is 0.476 e. The molecule has 1 aromatic carbocycles. The Bertz CT molecular complexity index is 627. The summed E-state index contributed by atoms with van der Waals surface area (Å²) in [6.07, 6.45) is 1.83. The van der Waals surface area contributed by atoms with Crippen LogP contribution in [0.15, 0.2) is 28.9 Å².